The highest BCUT2D eigenvalue weighted by atomic mass is 16.5. The molecule has 7 heteroatoms. The van der Waals surface area contributed by atoms with Crippen LogP contribution in [0.3, 0.4) is 0 Å². The number of carbonyl (C=O) groups excluding carboxylic acids is 3. The average molecular weight is 506 g/mol. The molecular formula is C30H39N3O4. The van der Waals surface area contributed by atoms with Gasteiger partial charge in [0.2, 0.25) is 17.7 Å². The van der Waals surface area contributed by atoms with Crippen LogP contribution in [-0.4, -0.2) is 47.4 Å². The summed E-state index contributed by atoms with van der Waals surface area (Å²) in [7, 11) is 1.58. The van der Waals surface area contributed by atoms with E-state index in [0.29, 0.717) is 17.7 Å². The standard InChI is InChI=1S/C30H39N3O4/c1-18(2)15-24-27(34)31-25(22-16-20-9-7-8-10-21(20)17-22)29(36)33(24)26(28(35)32-30(3,4)5)19-11-13-23(37-6)14-12-19/h7-14,18,22,24-26H,15-17H2,1-6H3,(H,31,34)(H,32,35)/t24-,25?,26-/m1/s1. The summed E-state index contributed by atoms with van der Waals surface area (Å²) in [6.07, 6.45) is 1.90. The minimum atomic E-state index is -0.946. The predicted molar refractivity (Wildman–Crippen MR) is 143 cm³/mol. The number of piperazine rings is 1. The van der Waals surface area contributed by atoms with Gasteiger partial charge in [0.15, 0.2) is 0 Å². The second-order valence-electron chi connectivity index (χ2n) is 11.7. The number of ether oxygens (including phenoxy) is 1. The lowest BCUT2D eigenvalue weighted by molar-refractivity contribution is -0.158. The van der Waals surface area contributed by atoms with Crippen LogP contribution in [0.5, 0.6) is 5.75 Å². The van der Waals surface area contributed by atoms with Crippen molar-refractivity contribution in [2.45, 2.75) is 77.5 Å². The first kappa shape index (κ1) is 26.7. The largest absolute Gasteiger partial charge is 0.497 e. The molecule has 2 aliphatic rings. The van der Waals surface area contributed by atoms with Crippen LogP contribution in [-0.2, 0) is 27.2 Å². The molecule has 1 heterocycles. The smallest absolute Gasteiger partial charge is 0.247 e. The van der Waals surface area contributed by atoms with Crippen molar-refractivity contribution in [3.05, 3.63) is 65.2 Å². The van der Waals surface area contributed by atoms with E-state index in [1.54, 1.807) is 36.3 Å². The molecule has 4 rings (SSSR count). The van der Waals surface area contributed by atoms with Crippen LogP contribution >= 0.6 is 0 Å². The number of nitrogens with zero attached hydrogens (tertiary/aromatic N) is 1. The molecule has 1 saturated heterocycles. The van der Waals surface area contributed by atoms with Crippen molar-refractivity contribution in [3.63, 3.8) is 0 Å². The van der Waals surface area contributed by atoms with Crippen molar-refractivity contribution in [1.82, 2.24) is 15.5 Å². The van der Waals surface area contributed by atoms with Crippen LogP contribution in [0, 0.1) is 11.8 Å². The minimum absolute atomic E-state index is 0.0569. The number of methoxy groups -OCH3 is 1. The van der Waals surface area contributed by atoms with Crippen molar-refractivity contribution >= 4 is 17.7 Å². The second kappa shape index (κ2) is 10.6. The third-order valence-electron chi connectivity index (χ3n) is 7.16. The Morgan fingerprint density at radius 2 is 1.65 bits per heavy atom. The van der Waals surface area contributed by atoms with Gasteiger partial charge in [-0.3, -0.25) is 14.4 Å². The van der Waals surface area contributed by atoms with Gasteiger partial charge in [0.1, 0.15) is 23.9 Å². The average Bonchev–Trinajstić information content (AvgIpc) is 3.26. The third kappa shape index (κ3) is 5.81. The number of nitrogens with one attached hydrogen (secondary N) is 2. The molecule has 2 aromatic rings. The highest BCUT2D eigenvalue weighted by Crippen LogP contribution is 2.36. The molecule has 37 heavy (non-hydrogen) atoms. The Kier molecular flexibility index (Phi) is 7.62. The van der Waals surface area contributed by atoms with E-state index in [1.165, 1.54) is 11.1 Å². The lowest BCUT2D eigenvalue weighted by Gasteiger charge is -2.45. The fraction of sp³-hybridized carbons (Fsp3) is 0.500. The number of amides is 3. The highest BCUT2D eigenvalue weighted by molar-refractivity contribution is 6.00. The molecule has 3 atom stereocenters. The van der Waals surface area contributed by atoms with Gasteiger partial charge in [0, 0.05) is 5.54 Å². The topological polar surface area (TPSA) is 87.7 Å². The molecule has 2 aromatic carbocycles. The first-order valence-corrected chi connectivity index (χ1v) is 13.1. The normalized spacial score (nSPS) is 21.0. The van der Waals surface area contributed by atoms with Crippen LogP contribution < -0.4 is 15.4 Å². The van der Waals surface area contributed by atoms with Gasteiger partial charge in [-0.2, -0.15) is 0 Å². The van der Waals surface area contributed by atoms with Gasteiger partial charge in [-0.05, 0) is 80.7 Å². The summed E-state index contributed by atoms with van der Waals surface area (Å²) in [6.45, 7) is 9.76. The van der Waals surface area contributed by atoms with Gasteiger partial charge >= 0.3 is 0 Å². The molecule has 0 spiro atoms. The Hall–Kier alpha value is -3.35. The maximum atomic E-state index is 14.3. The quantitative estimate of drug-likeness (QED) is 0.599. The molecule has 0 aromatic heterocycles. The summed E-state index contributed by atoms with van der Waals surface area (Å²) in [5.74, 6) is 0.0491. The minimum Gasteiger partial charge on any atom is -0.497 e. The van der Waals surface area contributed by atoms with Gasteiger partial charge < -0.3 is 20.3 Å². The lowest BCUT2D eigenvalue weighted by Crippen LogP contribution is -2.67. The van der Waals surface area contributed by atoms with Gasteiger partial charge in [0.05, 0.1) is 7.11 Å². The SMILES string of the molecule is COc1ccc([C@H](C(=O)NC(C)(C)C)N2C(=O)C(C3Cc4ccccc4C3)NC(=O)[C@H]2CC(C)C)cc1. The molecule has 0 saturated carbocycles. The Morgan fingerprint density at radius 3 is 2.16 bits per heavy atom. The van der Waals surface area contributed by atoms with E-state index in [1.807, 2.05) is 46.8 Å². The van der Waals surface area contributed by atoms with E-state index in [2.05, 4.69) is 22.8 Å². The zero-order valence-corrected chi connectivity index (χ0v) is 22.7. The number of rotatable bonds is 7. The first-order valence-electron chi connectivity index (χ1n) is 13.1. The third-order valence-corrected chi connectivity index (χ3v) is 7.16. The molecule has 198 valence electrons. The van der Waals surface area contributed by atoms with Gasteiger partial charge in [-0.25, -0.2) is 0 Å². The van der Waals surface area contributed by atoms with Crippen molar-refractivity contribution < 1.29 is 19.1 Å². The molecule has 0 radical (unpaired) electrons. The highest BCUT2D eigenvalue weighted by Gasteiger charge is 2.49. The van der Waals surface area contributed by atoms with E-state index in [0.717, 1.165) is 12.8 Å². The van der Waals surface area contributed by atoms with Crippen molar-refractivity contribution in [2.75, 3.05) is 7.11 Å². The zero-order valence-electron chi connectivity index (χ0n) is 22.7. The fourth-order valence-electron chi connectivity index (χ4n) is 5.54. The maximum absolute atomic E-state index is 14.3. The Balaban J connectivity index is 1.76. The monoisotopic (exact) mass is 505 g/mol. The van der Waals surface area contributed by atoms with Crippen LogP contribution in [0.1, 0.15) is 63.8 Å². The number of fused-ring (bicyclic) bond motifs is 1. The Bertz CT molecular complexity index is 1130. The van der Waals surface area contributed by atoms with Crippen LogP contribution in [0.4, 0.5) is 0 Å². The number of hydrogen-bond donors (Lipinski definition) is 2. The summed E-state index contributed by atoms with van der Waals surface area (Å²) in [5.41, 5.74) is 2.56. The molecule has 1 aliphatic heterocycles. The van der Waals surface area contributed by atoms with E-state index in [9.17, 15) is 14.4 Å². The van der Waals surface area contributed by atoms with Crippen molar-refractivity contribution in [2.24, 2.45) is 11.8 Å². The number of benzene rings is 2. The van der Waals surface area contributed by atoms with E-state index >= 15 is 0 Å². The van der Waals surface area contributed by atoms with E-state index in [4.69, 9.17) is 4.74 Å². The molecule has 7 nitrogen and oxygen atoms in total. The van der Waals surface area contributed by atoms with E-state index < -0.39 is 23.7 Å². The summed E-state index contributed by atoms with van der Waals surface area (Å²) in [4.78, 5) is 43.3. The van der Waals surface area contributed by atoms with Crippen LogP contribution in [0.2, 0.25) is 0 Å². The van der Waals surface area contributed by atoms with Gasteiger partial charge in [-0.15, -0.1) is 0 Å². The first-order chi connectivity index (χ1) is 17.5. The number of hydrogen-bond acceptors (Lipinski definition) is 4. The molecule has 0 bridgehead atoms. The van der Waals surface area contributed by atoms with Crippen molar-refractivity contribution in [1.29, 1.82) is 0 Å². The van der Waals surface area contributed by atoms with Crippen LogP contribution in [0.25, 0.3) is 0 Å². The molecule has 1 fully saturated rings. The Morgan fingerprint density at radius 1 is 1.05 bits per heavy atom. The number of carbonyl (C=O) groups is 3. The molecule has 1 unspecified atom stereocenters. The summed E-state index contributed by atoms with van der Waals surface area (Å²) in [5, 5.41) is 6.11. The molecule has 1 aliphatic carbocycles. The summed E-state index contributed by atoms with van der Waals surface area (Å²) >= 11 is 0. The van der Waals surface area contributed by atoms with Crippen LogP contribution in [0.15, 0.2) is 48.5 Å². The lowest BCUT2D eigenvalue weighted by atomic mass is 9.87. The molecular weight excluding hydrogens is 466 g/mol. The maximum Gasteiger partial charge on any atom is 0.247 e. The zero-order chi connectivity index (χ0) is 26.9. The molecule has 2 N–H and O–H groups in total. The Labute approximate surface area is 220 Å². The van der Waals surface area contributed by atoms with Gasteiger partial charge in [-0.1, -0.05) is 50.2 Å². The predicted octanol–water partition coefficient (Wildman–Crippen LogP) is 3.81. The van der Waals surface area contributed by atoms with Gasteiger partial charge in [0.25, 0.3) is 0 Å². The second-order valence-corrected chi connectivity index (χ2v) is 11.7. The fourth-order valence-corrected chi connectivity index (χ4v) is 5.54. The van der Waals surface area contributed by atoms with Crippen molar-refractivity contribution in [3.8, 4) is 5.75 Å². The van der Waals surface area contributed by atoms with E-state index in [-0.39, 0.29) is 29.6 Å². The summed E-state index contributed by atoms with van der Waals surface area (Å²) < 4.78 is 5.32. The summed E-state index contributed by atoms with van der Waals surface area (Å²) in [6, 6.07) is 13.0. The molecule has 3 amide bonds.